The van der Waals surface area contributed by atoms with Gasteiger partial charge in [0, 0.05) is 23.2 Å². The number of anilines is 1. The van der Waals surface area contributed by atoms with E-state index in [1.54, 1.807) is 6.07 Å². The number of hydrogen-bond acceptors (Lipinski definition) is 3. The minimum absolute atomic E-state index is 0.195. The Bertz CT molecular complexity index is 623. The Balaban J connectivity index is 1.77. The molecule has 0 saturated heterocycles. The first-order valence-electron chi connectivity index (χ1n) is 5.53. The van der Waals surface area contributed by atoms with Gasteiger partial charge in [-0.1, -0.05) is 6.07 Å². The van der Waals surface area contributed by atoms with E-state index in [2.05, 4.69) is 15.5 Å². The number of hydrogen-bond donors (Lipinski definition) is 3. The predicted molar refractivity (Wildman–Crippen MR) is 72.6 cm³/mol. The van der Waals surface area contributed by atoms with Crippen LogP contribution in [0.25, 0.3) is 0 Å². The Morgan fingerprint density at radius 3 is 2.84 bits per heavy atom. The Morgan fingerprint density at radius 2 is 2.16 bits per heavy atom. The number of nitrogens with one attached hydrogen (secondary N) is 3. The smallest absolute Gasteiger partial charge is 0.264 e. The van der Waals surface area contributed by atoms with Crippen molar-refractivity contribution in [2.24, 2.45) is 0 Å². The van der Waals surface area contributed by atoms with Gasteiger partial charge in [-0.15, -0.1) is 11.8 Å². The lowest BCUT2D eigenvalue weighted by molar-refractivity contribution is -0.113. The summed E-state index contributed by atoms with van der Waals surface area (Å²) in [6, 6.07) is 7.16. The summed E-state index contributed by atoms with van der Waals surface area (Å²) < 4.78 is 12.9. The number of benzene rings is 1. The van der Waals surface area contributed by atoms with Crippen LogP contribution < -0.4 is 10.9 Å². The first-order valence-corrected chi connectivity index (χ1v) is 6.69. The standard InChI is InChI=1S/C12H12FN3O2S/c13-8-2-1-3-9(4-8)14-12(18)7-19-6-10-5-11(17)16-15-10/h1-5H,6-7H2,(H,14,18)(H2,15,16,17). The number of aromatic nitrogens is 2. The van der Waals surface area contributed by atoms with E-state index in [1.807, 2.05) is 0 Å². The van der Waals surface area contributed by atoms with Crippen LogP contribution in [0.3, 0.4) is 0 Å². The van der Waals surface area contributed by atoms with E-state index < -0.39 is 5.82 Å². The molecule has 0 aliphatic carbocycles. The Kier molecular flexibility index (Phi) is 4.40. The Labute approximate surface area is 112 Å². The highest BCUT2D eigenvalue weighted by Crippen LogP contribution is 2.12. The zero-order valence-corrected chi connectivity index (χ0v) is 10.7. The van der Waals surface area contributed by atoms with E-state index in [4.69, 9.17) is 0 Å². The first kappa shape index (κ1) is 13.4. The molecule has 1 aromatic carbocycles. The molecule has 0 fully saturated rings. The second kappa shape index (κ2) is 6.24. The maximum Gasteiger partial charge on any atom is 0.264 e. The molecule has 0 spiro atoms. The molecule has 2 rings (SSSR count). The zero-order chi connectivity index (χ0) is 13.7. The molecule has 100 valence electrons. The van der Waals surface area contributed by atoms with Crippen molar-refractivity contribution in [3.05, 3.63) is 52.2 Å². The summed E-state index contributed by atoms with van der Waals surface area (Å²) in [4.78, 5) is 22.4. The Morgan fingerprint density at radius 1 is 1.32 bits per heavy atom. The van der Waals surface area contributed by atoms with Gasteiger partial charge in [-0.2, -0.15) is 0 Å². The third kappa shape index (κ3) is 4.29. The van der Waals surface area contributed by atoms with Crippen LogP contribution in [-0.4, -0.2) is 21.9 Å². The molecule has 1 heterocycles. The van der Waals surface area contributed by atoms with Crippen LogP contribution in [0.2, 0.25) is 0 Å². The van der Waals surface area contributed by atoms with E-state index in [-0.39, 0.29) is 17.2 Å². The maximum atomic E-state index is 12.9. The van der Waals surface area contributed by atoms with E-state index in [0.717, 1.165) is 5.69 Å². The van der Waals surface area contributed by atoms with Crippen molar-refractivity contribution in [2.45, 2.75) is 5.75 Å². The molecule has 7 heteroatoms. The van der Waals surface area contributed by atoms with E-state index in [0.29, 0.717) is 11.4 Å². The summed E-state index contributed by atoms with van der Waals surface area (Å²) in [5.41, 5.74) is 0.967. The average Bonchev–Trinajstić information content (AvgIpc) is 2.75. The number of rotatable bonds is 5. The lowest BCUT2D eigenvalue weighted by atomic mass is 10.3. The quantitative estimate of drug-likeness (QED) is 0.781. The van der Waals surface area contributed by atoms with Gasteiger partial charge in [0.2, 0.25) is 5.91 Å². The molecule has 2 aromatic rings. The number of carbonyl (C=O) groups excluding carboxylic acids is 1. The fourth-order valence-electron chi connectivity index (χ4n) is 1.47. The highest BCUT2D eigenvalue weighted by Gasteiger charge is 2.04. The minimum atomic E-state index is -0.393. The van der Waals surface area contributed by atoms with Crippen LogP contribution >= 0.6 is 11.8 Å². The highest BCUT2D eigenvalue weighted by molar-refractivity contribution is 7.99. The van der Waals surface area contributed by atoms with Crippen LogP contribution in [0.5, 0.6) is 0 Å². The van der Waals surface area contributed by atoms with Crippen LogP contribution in [-0.2, 0) is 10.5 Å². The molecule has 0 bridgehead atoms. The molecule has 1 amide bonds. The molecule has 0 radical (unpaired) electrons. The number of thioether (sulfide) groups is 1. The van der Waals surface area contributed by atoms with Gasteiger partial charge in [0.25, 0.3) is 5.56 Å². The van der Waals surface area contributed by atoms with E-state index in [9.17, 15) is 14.0 Å². The lowest BCUT2D eigenvalue weighted by Gasteiger charge is -2.04. The highest BCUT2D eigenvalue weighted by atomic mass is 32.2. The summed E-state index contributed by atoms with van der Waals surface area (Å²) in [7, 11) is 0. The molecular formula is C12H12FN3O2S. The van der Waals surface area contributed by atoms with Crippen molar-refractivity contribution in [1.29, 1.82) is 0 Å². The van der Waals surface area contributed by atoms with Gasteiger partial charge in [-0.25, -0.2) is 4.39 Å². The molecule has 19 heavy (non-hydrogen) atoms. The molecular weight excluding hydrogens is 269 g/mol. The fourth-order valence-corrected chi connectivity index (χ4v) is 2.20. The molecule has 0 aliphatic heterocycles. The molecule has 1 aromatic heterocycles. The molecule has 3 N–H and O–H groups in total. The lowest BCUT2D eigenvalue weighted by Crippen LogP contribution is -2.14. The van der Waals surface area contributed by atoms with Gasteiger partial charge in [-0.05, 0) is 18.2 Å². The SMILES string of the molecule is O=C(CSCc1cc(=O)[nH][nH]1)Nc1cccc(F)c1. The number of amides is 1. The number of carbonyl (C=O) groups is 1. The van der Waals surface area contributed by atoms with Gasteiger partial charge in [0.15, 0.2) is 0 Å². The third-order valence-electron chi connectivity index (χ3n) is 2.25. The summed E-state index contributed by atoms with van der Waals surface area (Å²) in [6.07, 6.45) is 0. The summed E-state index contributed by atoms with van der Waals surface area (Å²) >= 11 is 1.36. The van der Waals surface area contributed by atoms with Gasteiger partial charge in [0.05, 0.1) is 5.75 Å². The second-order valence-electron chi connectivity index (χ2n) is 3.84. The largest absolute Gasteiger partial charge is 0.325 e. The van der Waals surface area contributed by atoms with Crippen molar-refractivity contribution < 1.29 is 9.18 Å². The van der Waals surface area contributed by atoms with Gasteiger partial charge < -0.3 is 10.4 Å². The molecule has 0 unspecified atom stereocenters. The fraction of sp³-hybridized carbons (Fsp3) is 0.167. The average molecular weight is 281 g/mol. The number of halogens is 1. The van der Waals surface area contributed by atoms with Crippen molar-refractivity contribution >= 4 is 23.4 Å². The van der Waals surface area contributed by atoms with Crippen molar-refractivity contribution in [3.8, 4) is 0 Å². The van der Waals surface area contributed by atoms with Crippen LogP contribution in [0.1, 0.15) is 5.69 Å². The summed E-state index contributed by atoms with van der Waals surface area (Å²) in [5.74, 6) is 0.141. The summed E-state index contributed by atoms with van der Waals surface area (Å²) in [5, 5.41) is 7.71. The van der Waals surface area contributed by atoms with Gasteiger partial charge in [0.1, 0.15) is 5.82 Å². The Hall–Kier alpha value is -2.02. The second-order valence-corrected chi connectivity index (χ2v) is 4.82. The van der Waals surface area contributed by atoms with Gasteiger partial charge in [-0.3, -0.25) is 14.7 Å². The van der Waals surface area contributed by atoms with Crippen molar-refractivity contribution in [2.75, 3.05) is 11.1 Å². The zero-order valence-electron chi connectivity index (χ0n) is 9.90. The molecule has 0 aliphatic rings. The van der Waals surface area contributed by atoms with Crippen LogP contribution in [0, 0.1) is 5.82 Å². The van der Waals surface area contributed by atoms with Crippen LogP contribution in [0.4, 0.5) is 10.1 Å². The third-order valence-corrected chi connectivity index (χ3v) is 3.23. The maximum absolute atomic E-state index is 12.9. The molecule has 5 nitrogen and oxygen atoms in total. The topological polar surface area (TPSA) is 77.8 Å². The van der Waals surface area contributed by atoms with Crippen LogP contribution in [0.15, 0.2) is 35.1 Å². The van der Waals surface area contributed by atoms with E-state index >= 15 is 0 Å². The predicted octanol–water partition coefficient (Wildman–Crippen LogP) is 1.71. The number of H-pyrrole nitrogens is 2. The molecule has 0 atom stereocenters. The van der Waals surface area contributed by atoms with Crippen molar-refractivity contribution in [1.82, 2.24) is 10.2 Å². The molecule has 0 saturated carbocycles. The normalized spacial score (nSPS) is 10.4. The van der Waals surface area contributed by atoms with E-state index in [1.165, 1.54) is 36.0 Å². The number of aromatic amines is 2. The summed E-state index contributed by atoms with van der Waals surface area (Å²) in [6.45, 7) is 0. The monoisotopic (exact) mass is 281 g/mol. The van der Waals surface area contributed by atoms with Gasteiger partial charge >= 0.3 is 0 Å². The first-order chi connectivity index (χ1) is 9.13. The van der Waals surface area contributed by atoms with Crippen molar-refractivity contribution in [3.63, 3.8) is 0 Å². The minimum Gasteiger partial charge on any atom is -0.325 e.